The molecule has 0 fully saturated rings. The number of hydrogen-bond acceptors (Lipinski definition) is 6. The summed E-state index contributed by atoms with van der Waals surface area (Å²) in [6, 6.07) is 4.82. The first-order valence-corrected chi connectivity index (χ1v) is 6.20. The number of benzene rings is 1. The van der Waals surface area contributed by atoms with E-state index >= 15 is 0 Å². The second-order valence-corrected chi connectivity index (χ2v) is 4.34. The summed E-state index contributed by atoms with van der Waals surface area (Å²) in [7, 11) is 0. The summed E-state index contributed by atoms with van der Waals surface area (Å²) in [5.41, 5.74) is 7.02. The van der Waals surface area contributed by atoms with Gasteiger partial charge < -0.3 is 15.5 Å². The number of nitrogens with zero attached hydrogens (tertiary/aromatic N) is 3. The average Bonchev–Trinajstić information content (AvgIpc) is 3.04. The van der Waals surface area contributed by atoms with Gasteiger partial charge in [0.15, 0.2) is 11.3 Å². The number of nitrogens with two attached hydrogens (primary N) is 1. The maximum absolute atomic E-state index is 12.0. The van der Waals surface area contributed by atoms with Gasteiger partial charge in [-0.1, -0.05) is 5.21 Å². The topological polar surface area (TPSA) is 132 Å². The number of aromatic nitrogens is 4. The number of hydrogen-bond donors (Lipinski definition) is 3. The van der Waals surface area contributed by atoms with Gasteiger partial charge in [0.25, 0.3) is 5.91 Å². The van der Waals surface area contributed by atoms with Crippen LogP contribution in [0.5, 0.6) is 0 Å². The van der Waals surface area contributed by atoms with Crippen LogP contribution < -0.4 is 16.8 Å². The fourth-order valence-electron chi connectivity index (χ4n) is 1.87. The minimum atomic E-state index is -0.543. The first-order chi connectivity index (χ1) is 10.2. The van der Waals surface area contributed by atoms with Crippen LogP contribution in [0.4, 0.5) is 5.69 Å². The SMILES string of the molecule is NCCn1cc(C(=O)Nc2ccc3oc(=O)[nH]c3c2)nn1. The Hall–Kier alpha value is -2.94. The van der Waals surface area contributed by atoms with Crippen molar-refractivity contribution < 1.29 is 9.21 Å². The van der Waals surface area contributed by atoms with E-state index in [0.717, 1.165) is 0 Å². The molecular formula is C12H12N6O3. The summed E-state index contributed by atoms with van der Waals surface area (Å²) in [6.45, 7) is 0.900. The van der Waals surface area contributed by atoms with E-state index in [4.69, 9.17) is 10.2 Å². The molecule has 0 aliphatic carbocycles. The van der Waals surface area contributed by atoms with Gasteiger partial charge in [0.2, 0.25) is 0 Å². The van der Waals surface area contributed by atoms with Gasteiger partial charge in [-0.2, -0.15) is 0 Å². The van der Waals surface area contributed by atoms with Gasteiger partial charge in [-0.25, -0.2) is 4.79 Å². The Morgan fingerprint density at radius 2 is 2.33 bits per heavy atom. The Morgan fingerprint density at radius 1 is 1.48 bits per heavy atom. The van der Waals surface area contributed by atoms with Gasteiger partial charge in [0.05, 0.1) is 18.3 Å². The largest absolute Gasteiger partial charge is 0.417 e. The Morgan fingerprint density at radius 3 is 3.14 bits per heavy atom. The standard InChI is InChI=1S/C12H12N6O3/c13-3-4-18-6-9(16-17-18)11(19)14-7-1-2-10-8(5-7)15-12(20)21-10/h1-2,5-6H,3-4,13H2,(H,14,19)(H,15,20). The molecule has 4 N–H and O–H groups in total. The summed E-state index contributed by atoms with van der Waals surface area (Å²) in [5, 5.41) is 10.2. The molecule has 0 spiro atoms. The number of amides is 1. The van der Waals surface area contributed by atoms with Crippen molar-refractivity contribution in [2.24, 2.45) is 5.73 Å². The number of anilines is 1. The predicted octanol–water partition coefficient (Wildman–Crippen LogP) is -0.0764. The number of aromatic amines is 1. The molecule has 21 heavy (non-hydrogen) atoms. The Balaban J connectivity index is 1.79. The highest BCUT2D eigenvalue weighted by atomic mass is 16.4. The van der Waals surface area contributed by atoms with E-state index in [0.29, 0.717) is 29.9 Å². The van der Waals surface area contributed by atoms with Crippen LogP contribution in [0.3, 0.4) is 0 Å². The van der Waals surface area contributed by atoms with Crippen molar-refractivity contribution >= 4 is 22.7 Å². The lowest BCUT2D eigenvalue weighted by molar-refractivity contribution is 0.102. The van der Waals surface area contributed by atoms with Crippen molar-refractivity contribution in [3.05, 3.63) is 40.6 Å². The van der Waals surface area contributed by atoms with Gasteiger partial charge in [-0.15, -0.1) is 5.10 Å². The molecule has 2 heterocycles. The van der Waals surface area contributed by atoms with E-state index in [2.05, 4.69) is 20.6 Å². The Labute approximate surface area is 117 Å². The lowest BCUT2D eigenvalue weighted by Crippen LogP contribution is -2.12. The molecule has 1 aromatic carbocycles. The summed E-state index contributed by atoms with van der Waals surface area (Å²) in [5.74, 6) is -0.943. The second-order valence-electron chi connectivity index (χ2n) is 4.34. The molecule has 9 heteroatoms. The van der Waals surface area contributed by atoms with Crippen LogP contribution in [0.25, 0.3) is 11.1 Å². The molecule has 0 aliphatic rings. The number of carbonyl (C=O) groups excluding carboxylic acids is 1. The van der Waals surface area contributed by atoms with E-state index < -0.39 is 11.7 Å². The summed E-state index contributed by atoms with van der Waals surface area (Å²) < 4.78 is 6.37. The van der Waals surface area contributed by atoms with Crippen molar-refractivity contribution in [3.8, 4) is 0 Å². The number of carbonyl (C=O) groups is 1. The molecule has 0 bridgehead atoms. The molecule has 0 radical (unpaired) electrons. The Bertz CT molecular complexity index is 846. The fourth-order valence-corrected chi connectivity index (χ4v) is 1.87. The summed E-state index contributed by atoms with van der Waals surface area (Å²) in [6.07, 6.45) is 1.51. The molecular weight excluding hydrogens is 276 g/mol. The third kappa shape index (κ3) is 2.67. The smallest absolute Gasteiger partial charge is 0.408 e. The number of oxazole rings is 1. The van der Waals surface area contributed by atoms with E-state index in [1.165, 1.54) is 10.9 Å². The lowest BCUT2D eigenvalue weighted by Gasteiger charge is -2.02. The average molecular weight is 288 g/mol. The minimum absolute atomic E-state index is 0.184. The van der Waals surface area contributed by atoms with Crippen LogP contribution in [-0.4, -0.2) is 32.4 Å². The third-order valence-electron chi connectivity index (χ3n) is 2.81. The minimum Gasteiger partial charge on any atom is -0.408 e. The third-order valence-corrected chi connectivity index (χ3v) is 2.81. The molecule has 0 saturated heterocycles. The van der Waals surface area contributed by atoms with Crippen molar-refractivity contribution in [1.29, 1.82) is 0 Å². The van der Waals surface area contributed by atoms with Gasteiger partial charge in [0.1, 0.15) is 0 Å². The van der Waals surface area contributed by atoms with E-state index in [1.54, 1.807) is 18.2 Å². The van der Waals surface area contributed by atoms with E-state index in [9.17, 15) is 9.59 Å². The zero-order chi connectivity index (χ0) is 14.8. The monoisotopic (exact) mass is 288 g/mol. The fraction of sp³-hybridized carbons (Fsp3) is 0.167. The van der Waals surface area contributed by atoms with Gasteiger partial charge in [-0.3, -0.25) is 14.5 Å². The van der Waals surface area contributed by atoms with Crippen molar-refractivity contribution in [2.45, 2.75) is 6.54 Å². The zero-order valence-corrected chi connectivity index (χ0v) is 10.9. The normalized spacial score (nSPS) is 10.9. The highest BCUT2D eigenvalue weighted by molar-refractivity contribution is 6.03. The molecule has 108 valence electrons. The summed E-state index contributed by atoms with van der Waals surface area (Å²) >= 11 is 0. The molecule has 0 unspecified atom stereocenters. The number of fused-ring (bicyclic) bond motifs is 1. The van der Waals surface area contributed by atoms with E-state index in [1.807, 2.05) is 0 Å². The quantitative estimate of drug-likeness (QED) is 0.615. The van der Waals surface area contributed by atoms with Gasteiger partial charge >= 0.3 is 5.76 Å². The van der Waals surface area contributed by atoms with Gasteiger partial charge in [0, 0.05) is 12.2 Å². The van der Waals surface area contributed by atoms with Crippen molar-refractivity contribution in [3.63, 3.8) is 0 Å². The highest BCUT2D eigenvalue weighted by Gasteiger charge is 2.11. The highest BCUT2D eigenvalue weighted by Crippen LogP contribution is 2.16. The maximum atomic E-state index is 12.0. The van der Waals surface area contributed by atoms with Crippen molar-refractivity contribution in [2.75, 3.05) is 11.9 Å². The number of nitrogens with one attached hydrogen (secondary N) is 2. The molecule has 0 aliphatic heterocycles. The lowest BCUT2D eigenvalue weighted by atomic mass is 10.3. The van der Waals surface area contributed by atoms with Crippen LogP contribution >= 0.6 is 0 Å². The van der Waals surface area contributed by atoms with Crippen LogP contribution in [0.15, 0.2) is 33.6 Å². The first-order valence-electron chi connectivity index (χ1n) is 6.20. The maximum Gasteiger partial charge on any atom is 0.417 e. The number of rotatable bonds is 4. The molecule has 1 amide bonds. The van der Waals surface area contributed by atoms with Gasteiger partial charge in [-0.05, 0) is 18.2 Å². The number of H-pyrrole nitrogens is 1. The molecule has 2 aromatic heterocycles. The molecule has 9 nitrogen and oxygen atoms in total. The predicted molar refractivity (Wildman–Crippen MR) is 73.9 cm³/mol. The van der Waals surface area contributed by atoms with Crippen LogP contribution in [-0.2, 0) is 6.54 Å². The second kappa shape index (κ2) is 5.21. The van der Waals surface area contributed by atoms with Crippen LogP contribution in [0.2, 0.25) is 0 Å². The van der Waals surface area contributed by atoms with E-state index in [-0.39, 0.29) is 5.69 Å². The van der Waals surface area contributed by atoms with Crippen LogP contribution in [0.1, 0.15) is 10.5 Å². The first kappa shape index (κ1) is 13.1. The molecule has 0 atom stereocenters. The van der Waals surface area contributed by atoms with Crippen LogP contribution in [0, 0.1) is 0 Å². The zero-order valence-electron chi connectivity index (χ0n) is 10.9. The molecule has 3 rings (SSSR count). The molecule has 0 saturated carbocycles. The molecule has 3 aromatic rings. The Kier molecular flexibility index (Phi) is 3.24. The summed E-state index contributed by atoms with van der Waals surface area (Å²) in [4.78, 5) is 25.6. The van der Waals surface area contributed by atoms with Crippen molar-refractivity contribution in [1.82, 2.24) is 20.0 Å².